The van der Waals surface area contributed by atoms with Gasteiger partial charge >= 0.3 is 0 Å². The molecule has 1 aliphatic heterocycles. The Labute approximate surface area is 125 Å². The van der Waals surface area contributed by atoms with Crippen molar-refractivity contribution < 1.29 is 9.53 Å². The van der Waals surface area contributed by atoms with E-state index in [0.717, 1.165) is 19.0 Å². The Morgan fingerprint density at radius 2 is 2.30 bits per heavy atom. The summed E-state index contributed by atoms with van der Waals surface area (Å²) in [5.74, 6) is 1.47. The predicted molar refractivity (Wildman–Crippen MR) is 81.8 cm³/mol. The van der Waals surface area contributed by atoms with Crippen molar-refractivity contribution in [3.05, 3.63) is 28.8 Å². The number of ether oxygens (including phenoxy) is 1. The quantitative estimate of drug-likeness (QED) is 0.777. The lowest BCUT2D eigenvalue weighted by Gasteiger charge is -2.31. The van der Waals surface area contributed by atoms with Crippen molar-refractivity contribution in [2.45, 2.75) is 26.2 Å². The molecular weight excluding hydrogens is 274 g/mol. The molecule has 2 rings (SSSR count). The summed E-state index contributed by atoms with van der Waals surface area (Å²) in [7, 11) is 1.57. The molecule has 1 unspecified atom stereocenters. The van der Waals surface area contributed by atoms with Crippen LogP contribution in [0.4, 0.5) is 0 Å². The van der Waals surface area contributed by atoms with Crippen LogP contribution < -0.4 is 4.74 Å². The summed E-state index contributed by atoms with van der Waals surface area (Å²) >= 11 is 6.07. The fraction of sp³-hybridized carbons (Fsp3) is 0.562. The van der Waals surface area contributed by atoms with Gasteiger partial charge in [-0.1, -0.05) is 24.9 Å². The first-order valence-electron chi connectivity index (χ1n) is 7.23. The Morgan fingerprint density at radius 3 is 2.95 bits per heavy atom. The van der Waals surface area contributed by atoms with E-state index >= 15 is 0 Å². The van der Waals surface area contributed by atoms with Crippen molar-refractivity contribution in [3.8, 4) is 5.75 Å². The van der Waals surface area contributed by atoms with E-state index < -0.39 is 0 Å². The molecule has 1 aliphatic rings. The molecule has 1 aromatic rings. The number of piperidine rings is 1. The molecule has 20 heavy (non-hydrogen) atoms. The van der Waals surface area contributed by atoms with Crippen LogP contribution in [0.3, 0.4) is 0 Å². The van der Waals surface area contributed by atoms with E-state index in [0.29, 0.717) is 22.9 Å². The highest BCUT2D eigenvalue weighted by Gasteiger charge is 2.21. The predicted octanol–water partition coefficient (Wildman–Crippen LogP) is 3.65. The van der Waals surface area contributed by atoms with Crippen LogP contribution in [-0.4, -0.2) is 37.4 Å². The maximum Gasteiger partial charge on any atom is 0.176 e. The molecule has 1 aromatic carbocycles. The van der Waals surface area contributed by atoms with Crippen molar-refractivity contribution in [2.75, 3.05) is 26.7 Å². The van der Waals surface area contributed by atoms with Gasteiger partial charge in [-0.2, -0.15) is 0 Å². The smallest absolute Gasteiger partial charge is 0.176 e. The average Bonchev–Trinajstić information content (AvgIpc) is 2.47. The largest absolute Gasteiger partial charge is 0.495 e. The number of halogens is 1. The molecule has 0 aliphatic carbocycles. The maximum atomic E-state index is 12.3. The monoisotopic (exact) mass is 295 g/mol. The molecule has 0 aromatic heterocycles. The molecule has 110 valence electrons. The first-order chi connectivity index (χ1) is 9.63. The highest BCUT2D eigenvalue weighted by atomic mass is 35.5. The number of ketones is 1. The van der Waals surface area contributed by atoms with Gasteiger partial charge in [-0.3, -0.25) is 9.69 Å². The zero-order valence-corrected chi connectivity index (χ0v) is 12.9. The van der Waals surface area contributed by atoms with E-state index in [1.54, 1.807) is 25.3 Å². The lowest BCUT2D eigenvalue weighted by molar-refractivity contribution is 0.0884. The van der Waals surface area contributed by atoms with Gasteiger partial charge in [0.25, 0.3) is 0 Å². The van der Waals surface area contributed by atoms with E-state index in [9.17, 15) is 4.79 Å². The fourth-order valence-corrected chi connectivity index (χ4v) is 3.02. The summed E-state index contributed by atoms with van der Waals surface area (Å²) in [5, 5.41) is 0.489. The third-order valence-electron chi connectivity index (χ3n) is 4.02. The molecule has 0 bridgehead atoms. The zero-order chi connectivity index (χ0) is 14.5. The third kappa shape index (κ3) is 3.74. The number of likely N-dealkylation sites (tertiary alicyclic amines) is 1. The number of carbonyl (C=O) groups excluding carboxylic acids is 1. The Morgan fingerprint density at radius 1 is 1.50 bits per heavy atom. The normalized spacial score (nSPS) is 19.9. The van der Waals surface area contributed by atoms with Crippen molar-refractivity contribution >= 4 is 17.4 Å². The molecule has 0 amide bonds. The molecule has 1 heterocycles. The minimum atomic E-state index is 0.131. The van der Waals surface area contributed by atoms with Crippen molar-refractivity contribution in [1.82, 2.24) is 4.90 Å². The molecule has 4 heteroatoms. The fourth-order valence-electron chi connectivity index (χ4n) is 2.76. The van der Waals surface area contributed by atoms with Crippen LogP contribution in [0, 0.1) is 5.92 Å². The van der Waals surface area contributed by atoms with Crippen molar-refractivity contribution in [2.24, 2.45) is 5.92 Å². The Kier molecular flexibility index (Phi) is 5.44. The van der Waals surface area contributed by atoms with Crippen LogP contribution in [0.25, 0.3) is 0 Å². The van der Waals surface area contributed by atoms with Crippen LogP contribution in [0.2, 0.25) is 5.02 Å². The maximum absolute atomic E-state index is 12.3. The van der Waals surface area contributed by atoms with E-state index in [-0.39, 0.29) is 5.78 Å². The van der Waals surface area contributed by atoms with Crippen LogP contribution >= 0.6 is 11.6 Å². The number of methoxy groups -OCH3 is 1. The molecule has 0 saturated carbocycles. The molecule has 1 fully saturated rings. The van der Waals surface area contributed by atoms with Gasteiger partial charge in [-0.05, 0) is 43.5 Å². The second-order valence-electron chi connectivity index (χ2n) is 5.42. The average molecular weight is 296 g/mol. The minimum absolute atomic E-state index is 0.131. The lowest BCUT2D eigenvalue weighted by atomic mass is 9.95. The third-order valence-corrected chi connectivity index (χ3v) is 4.32. The summed E-state index contributed by atoms with van der Waals surface area (Å²) in [5.41, 5.74) is 0.662. The van der Waals surface area contributed by atoms with Gasteiger partial charge in [-0.15, -0.1) is 0 Å². The van der Waals surface area contributed by atoms with E-state index in [1.807, 2.05) is 0 Å². The van der Waals surface area contributed by atoms with Gasteiger partial charge in [0.1, 0.15) is 5.75 Å². The SMILES string of the molecule is CCC1CCCN(CC(=O)c2ccc(OC)c(Cl)c2)C1. The Hall–Kier alpha value is -1.06. The molecular formula is C16H22ClNO2. The van der Waals surface area contributed by atoms with Crippen LogP contribution in [0.1, 0.15) is 36.5 Å². The molecule has 0 spiro atoms. The van der Waals surface area contributed by atoms with Gasteiger partial charge in [-0.25, -0.2) is 0 Å². The van der Waals surface area contributed by atoms with E-state index in [2.05, 4.69) is 11.8 Å². The second-order valence-corrected chi connectivity index (χ2v) is 5.83. The molecule has 3 nitrogen and oxygen atoms in total. The summed E-state index contributed by atoms with van der Waals surface area (Å²) in [6.45, 7) is 4.76. The first kappa shape index (κ1) is 15.3. The highest BCUT2D eigenvalue weighted by molar-refractivity contribution is 6.32. The highest BCUT2D eigenvalue weighted by Crippen LogP contribution is 2.25. The van der Waals surface area contributed by atoms with Crippen LogP contribution in [0.15, 0.2) is 18.2 Å². The summed E-state index contributed by atoms with van der Waals surface area (Å²) in [6, 6.07) is 5.24. The summed E-state index contributed by atoms with van der Waals surface area (Å²) in [4.78, 5) is 14.6. The number of hydrogen-bond acceptors (Lipinski definition) is 3. The van der Waals surface area contributed by atoms with E-state index in [1.165, 1.54) is 19.3 Å². The second kappa shape index (κ2) is 7.09. The summed E-state index contributed by atoms with van der Waals surface area (Å²) in [6.07, 6.45) is 3.67. The standard InChI is InChI=1S/C16H22ClNO2/c1-3-12-5-4-8-18(10-12)11-15(19)13-6-7-16(20-2)14(17)9-13/h6-7,9,12H,3-5,8,10-11H2,1-2H3. The number of hydrogen-bond donors (Lipinski definition) is 0. The minimum Gasteiger partial charge on any atom is -0.495 e. The van der Waals surface area contributed by atoms with Crippen LogP contribution in [-0.2, 0) is 0 Å². The zero-order valence-electron chi connectivity index (χ0n) is 12.2. The van der Waals surface area contributed by atoms with Gasteiger partial charge in [0.15, 0.2) is 5.78 Å². The van der Waals surface area contributed by atoms with Gasteiger partial charge in [0, 0.05) is 12.1 Å². The van der Waals surface area contributed by atoms with Crippen LogP contribution in [0.5, 0.6) is 5.75 Å². The van der Waals surface area contributed by atoms with Crippen molar-refractivity contribution in [1.29, 1.82) is 0 Å². The Bertz CT molecular complexity index is 476. The molecule has 1 saturated heterocycles. The van der Waals surface area contributed by atoms with E-state index in [4.69, 9.17) is 16.3 Å². The van der Waals surface area contributed by atoms with Gasteiger partial charge < -0.3 is 4.74 Å². The van der Waals surface area contributed by atoms with Gasteiger partial charge in [0.05, 0.1) is 18.7 Å². The topological polar surface area (TPSA) is 29.5 Å². The van der Waals surface area contributed by atoms with Crippen molar-refractivity contribution in [3.63, 3.8) is 0 Å². The number of carbonyl (C=O) groups is 1. The van der Waals surface area contributed by atoms with Gasteiger partial charge in [0.2, 0.25) is 0 Å². The number of nitrogens with zero attached hydrogens (tertiary/aromatic N) is 1. The molecule has 0 N–H and O–H groups in total. The number of rotatable bonds is 5. The summed E-state index contributed by atoms with van der Waals surface area (Å²) < 4.78 is 5.10. The first-order valence-corrected chi connectivity index (χ1v) is 7.61. The molecule has 0 radical (unpaired) electrons. The molecule has 1 atom stereocenters. The lowest BCUT2D eigenvalue weighted by Crippen LogP contribution is -2.38. The number of Topliss-reactive ketones (excluding diaryl/α,β-unsaturated/α-hetero) is 1. The Balaban J connectivity index is 1.99. The number of benzene rings is 1.